The second-order valence-corrected chi connectivity index (χ2v) is 8.54. The molecule has 1 amide bonds. The zero-order valence-corrected chi connectivity index (χ0v) is 16.0. The lowest BCUT2D eigenvalue weighted by atomic mass is 10.1. The number of carbonyl (C=O) groups excluding carboxylic acids is 1. The zero-order valence-electron chi connectivity index (χ0n) is 15.2. The molecule has 0 radical (unpaired) electrons. The van der Waals surface area contributed by atoms with Gasteiger partial charge in [0.2, 0.25) is 5.91 Å². The first-order valence-corrected chi connectivity index (χ1v) is 10.2. The molecule has 1 N–H and O–H groups in total. The number of rotatable bonds is 5. The Kier molecular flexibility index (Phi) is 5.42. The molecule has 0 fully saturated rings. The highest BCUT2D eigenvalue weighted by Crippen LogP contribution is 2.30. The molecule has 0 heterocycles. The Morgan fingerprint density at radius 2 is 1.30 bits per heavy atom. The van der Waals surface area contributed by atoms with Crippen LogP contribution in [0.4, 0.5) is 5.69 Å². The average Bonchev–Trinajstić information content (AvgIpc) is 2.65. The minimum Gasteiger partial charge on any atom is -0.325 e. The van der Waals surface area contributed by atoms with E-state index in [0.717, 1.165) is 11.1 Å². The van der Waals surface area contributed by atoms with Gasteiger partial charge < -0.3 is 5.32 Å². The fourth-order valence-electron chi connectivity index (χ4n) is 2.81. The summed E-state index contributed by atoms with van der Waals surface area (Å²) in [6.07, 6.45) is 0. The molecule has 3 rings (SSSR count). The molecule has 0 saturated carbocycles. The normalized spacial score (nSPS) is 12.4. The van der Waals surface area contributed by atoms with Crippen LogP contribution in [0, 0.1) is 13.8 Å². The van der Waals surface area contributed by atoms with Gasteiger partial charge in [-0.3, -0.25) is 4.79 Å². The SMILES string of the molecule is Cc1ccc(NC(=O)C(c2ccccc2)S(=O)(=O)c2ccc(C)cc2)cc1. The van der Waals surface area contributed by atoms with Gasteiger partial charge in [-0.15, -0.1) is 0 Å². The first-order valence-electron chi connectivity index (χ1n) is 8.61. The van der Waals surface area contributed by atoms with Crippen LogP contribution in [0.2, 0.25) is 0 Å². The van der Waals surface area contributed by atoms with E-state index >= 15 is 0 Å². The van der Waals surface area contributed by atoms with Gasteiger partial charge in [0.15, 0.2) is 15.1 Å². The van der Waals surface area contributed by atoms with Crippen LogP contribution in [0.3, 0.4) is 0 Å². The summed E-state index contributed by atoms with van der Waals surface area (Å²) >= 11 is 0. The molecule has 0 aromatic heterocycles. The lowest BCUT2D eigenvalue weighted by Gasteiger charge is -2.18. The Balaban J connectivity index is 2.02. The fourth-order valence-corrected chi connectivity index (χ4v) is 4.45. The minimum atomic E-state index is -3.91. The van der Waals surface area contributed by atoms with Gasteiger partial charge in [0, 0.05) is 5.69 Å². The maximum atomic E-state index is 13.3. The zero-order chi connectivity index (χ0) is 19.4. The summed E-state index contributed by atoms with van der Waals surface area (Å²) in [4.78, 5) is 13.1. The van der Waals surface area contributed by atoms with Gasteiger partial charge in [-0.05, 0) is 43.7 Å². The molecule has 0 saturated heterocycles. The van der Waals surface area contributed by atoms with Gasteiger partial charge in [0.25, 0.3) is 0 Å². The first kappa shape index (κ1) is 18.9. The number of aryl methyl sites for hydroxylation is 2. The molecule has 4 nitrogen and oxygen atoms in total. The standard InChI is InChI=1S/C22H21NO3S/c1-16-8-12-19(13-9-16)23-22(24)21(18-6-4-3-5-7-18)27(25,26)20-14-10-17(2)11-15-20/h3-15,21H,1-2H3,(H,23,24). The van der Waals surface area contributed by atoms with Crippen molar-refractivity contribution in [2.45, 2.75) is 24.0 Å². The van der Waals surface area contributed by atoms with Crippen LogP contribution in [0.5, 0.6) is 0 Å². The van der Waals surface area contributed by atoms with Gasteiger partial charge in [-0.25, -0.2) is 8.42 Å². The third-order valence-corrected chi connectivity index (χ3v) is 6.36. The van der Waals surface area contributed by atoms with Crippen molar-refractivity contribution in [3.8, 4) is 0 Å². The quantitative estimate of drug-likeness (QED) is 0.712. The number of hydrogen-bond donors (Lipinski definition) is 1. The van der Waals surface area contributed by atoms with E-state index in [2.05, 4.69) is 5.32 Å². The maximum absolute atomic E-state index is 13.3. The summed E-state index contributed by atoms with van der Waals surface area (Å²) in [5.74, 6) is -0.578. The number of sulfone groups is 1. The highest BCUT2D eigenvalue weighted by Gasteiger charge is 2.35. The van der Waals surface area contributed by atoms with E-state index in [1.807, 2.05) is 26.0 Å². The highest BCUT2D eigenvalue weighted by atomic mass is 32.2. The molecule has 0 bridgehead atoms. The molecule has 5 heteroatoms. The van der Waals surface area contributed by atoms with Crippen LogP contribution in [-0.2, 0) is 14.6 Å². The van der Waals surface area contributed by atoms with Gasteiger partial charge >= 0.3 is 0 Å². The summed E-state index contributed by atoms with van der Waals surface area (Å²) in [6.45, 7) is 3.83. The summed E-state index contributed by atoms with van der Waals surface area (Å²) in [7, 11) is -3.91. The van der Waals surface area contributed by atoms with Crippen LogP contribution in [0.1, 0.15) is 21.9 Å². The van der Waals surface area contributed by atoms with Crippen LogP contribution >= 0.6 is 0 Å². The van der Waals surface area contributed by atoms with Crippen molar-refractivity contribution < 1.29 is 13.2 Å². The molecule has 0 spiro atoms. The Bertz CT molecular complexity index is 1030. The predicted octanol–water partition coefficient (Wildman–Crippen LogP) is 4.46. The molecular formula is C22H21NO3S. The lowest BCUT2D eigenvalue weighted by Crippen LogP contribution is -2.28. The van der Waals surface area contributed by atoms with E-state index in [-0.39, 0.29) is 4.90 Å². The minimum absolute atomic E-state index is 0.126. The fraction of sp³-hybridized carbons (Fsp3) is 0.136. The maximum Gasteiger partial charge on any atom is 0.247 e. The Labute approximate surface area is 159 Å². The van der Waals surface area contributed by atoms with Crippen molar-refractivity contribution in [1.29, 1.82) is 0 Å². The Morgan fingerprint density at radius 1 is 0.778 bits per heavy atom. The van der Waals surface area contributed by atoms with Gasteiger partial charge in [-0.2, -0.15) is 0 Å². The van der Waals surface area contributed by atoms with Crippen molar-refractivity contribution in [1.82, 2.24) is 0 Å². The predicted molar refractivity (Wildman–Crippen MR) is 107 cm³/mol. The lowest BCUT2D eigenvalue weighted by molar-refractivity contribution is -0.115. The summed E-state index contributed by atoms with van der Waals surface area (Å²) in [6, 6.07) is 22.3. The smallest absolute Gasteiger partial charge is 0.247 e. The number of amides is 1. The van der Waals surface area contributed by atoms with E-state index in [1.54, 1.807) is 66.7 Å². The van der Waals surface area contributed by atoms with Crippen molar-refractivity contribution in [2.24, 2.45) is 0 Å². The number of benzene rings is 3. The molecule has 0 aliphatic heterocycles. The largest absolute Gasteiger partial charge is 0.325 e. The van der Waals surface area contributed by atoms with Crippen molar-refractivity contribution in [3.05, 3.63) is 95.6 Å². The third kappa shape index (κ3) is 4.26. The Hall–Kier alpha value is -2.92. The van der Waals surface area contributed by atoms with Crippen molar-refractivity contribution >= 4 is 21.4 Å². The van der Waals surface area contributed by atoms with E-state index in [1.165, 1.54) is 0 Å². The number of anilines is 1. The van der Waals surface area contributed by atoms with E-state index < -0.39 is 21.0 Å². The van der Waals surface area contributed by atoms with E-state index in [0.29, 0.717) is 11.3 Å². The molecule has 0 aliphatic carbocycles. The topological polar surface area (TPSA) is 63.2 Å². The summed E-state index contributed by atoms with van der Waals surface area (Å²) in [5.41, 5.74) is 3.00. The summed E-state index contributed by atoms with van der Waals surface area (Å²) < 4.78 is 26.5. The molecule has 0 aliphatic rings. The second-order valence-electron chi connectivity index (χ2n) is 6.50. The van der Waals surface area contributed by atoms with Crippen LogP contribution in [0.25, 0.3) is 0 Å². The molecule has 3 aromatic rings. The van der Waals surface area contributed by atoms with Gasteiger partial charge in [-0.1, -0.05) is 65.7 Å². The molecular weight excluding hydrogens is 358 g/mol. The Morgan fingerprint density at radius 3 is 1.85 bits per heavy atom. The van der Waals surface area contributed by atoms with Gasteiger partial charge in [0.05, 0.1) is 4.90 Å². The van der Waals surface area contributed by atoms with Crippen molar-refractivity contribution in [2.75, 3.05) is 5.32 Å². The highest BCUT2D eigenvalue weighted by molar-refractivity contribution is 7.92. The molecule has 138 valence electrons. The molecule has 1 atom stereocenters. The van der Waals surface area contributed by atoms with Crippen molar-refractivity contribution in [3.63, 3.8) is 0 Å². The summed E-state index contributed by atoms with van der Waals surface area (Å²) in [5, 5.41) is 1.41. The first-order chi connectivity index (χ1) is 12.9. The molecule has 3 aromatic carbocycles. The number of hydrogen-bond acceptors (Lipinski definition) is 3. The average molecular weight is 379 g/mol. The van der Waals surface area contributed by atoms with Crippen LogP contribution in [-0.4, -0.2) is 14.3 Å². The second kappa shape index (κ2) is 7.76. The number of nitrogens with one attached hydrogen (secondary N) is 1. The molecule has 1 unspecified atom stereocenters. The van der Waals surface area contributed by atoms with Crippen LogP contribution in [0.15, 0.2) is 83.8 Å². The van der Waals surface area contributed by atoms with E-state index in [4.69, 9.17) is 0 Å². The van der Waals surface area contributed by atoms with Gasteiger partial charge in [0.1, 0.15) is 0 Å². The molecule has 27 heavy (non-hydrogen) atoms. The number of carbonyl (C=O) groups is 1. The van der Waals surface area contributed by atoms with Crippen LogP contribution < -0.4 is 5.32 Å². The van der Waals surface area contributed by atoms with E-state index in [9.17, 15) is 13.2 Å². The monoisotopic (exact) mass is 379 g/mol. The third-order valence-electron chi connectivity index (χ3n) is 4.32.